The van der Waals surface area contributed by atoms with E-state index < -0.39 is 5.97 Å². The number of carbonyl (C=O) groups is 2. The van der Waals surface area contributed by atoms with Gasteiger partial charge in [0.15, 0.2) is 6.54 Å². The number of carboxylic acids is 1. The number of aliphatic carboxylic acids is 1. The highest BCUT2D eigenvalue weighted by Gasteiger charge is 2.18. The summed E-state index contributed by atoms with van der Waals surface area (Å²) in [6, 6.07) is 0. The van der Waals surface area contributed by atoms with Crippen molar-refractivity contribution in [1.29, 1.82) is 0 Å². The van der Waals surface area contributed by atoms with Crippen LogP contribution in [-0.2, 0) is 9.59 Å². The largest absolute Gasteiger partial charge is 0.477 e. The van der Waals surface area contributed by atoms with Gasteiger partial charge in [-0.3, -0.25) is 4.79 Å². The van der Waals surface area contributed by atoms with E-state index in [9.17, 15) is 9.59 Å². The van der Waals surface area contributed by atoms with Crippen LogP contribution in [0.5, 0.6) is 0 Å². The van der Waals surface area contributed by atoms with Crippen LogP contribution in [0.4, 0.5) is 0 Å². The van der Waals surface area contributed by atoms with Crippen LogP contribution in [0.25, 0.3) is 0 Å². The summed E-state index contributed by atoms with van der Waals surface area (Å²) in [5.41, 5.74) is 0. The van der Waals surface area contributed by atoms with Crippen LogP contribution < -0.4 is 5.32 Å². The van der Waals surface area contributed by atoms with Crippen molar-refractivity contribution in [3.8, 4) is 0 Å². The molecule has 0 saturated heterocycles. The molecule has 18 heavy (non-hydrogen) atoms. The summed E-state index contributed by atoms with van der Waals surface area (Å²) in [5, 5.41) is 11.5. The number of likely N-dealkylation sites (N-methyl/N-ethyl adjacent to an activating group) is 1. The molecule has 5 nitrogen and oxygen atoms in total. The third-order valence-electron chi connectivity index (χ3n) is 2.53. The Labute approximate surface area is 109 Å². The molecule has 0 heterocycles. The summed E-state index contributed by atoms with van der Waals surface area (Å²) in [7, 11) is 3.75. The Morgan fingerprint density at radius 1 is 1.28 bits per heavy atom. The third-order valence-corrected chi connectivity index (χ3v) is 2.53. The number of allylic oxidation sites excluding steroid dienone is 1. The standard InChI is InChI=1S/C13H24N2O3/c1-4-5-6-8-12(16)14-9-7-10-15(2,3)11-13(17)18/h5-6H,4,7-11H2,1-3H3,(H-,14,16,17,18)/p+1/b6-5-. The molecule has 0 bridgehead atoms. The number of hydrogen-bond acceptors (Lipinski definition) is 2. The summed E-state index contributed by atoms with van der Waals surface area (Å²) >= 11 is 0. The van der Waals surface area contributed by atoms with E-state index in [1.807, 2.05) is 33.2 Å². The van der Waals surface area contributed by atoms with Crippen molar-refractivity contribution in [1.82, 2.24) is 5.32 Å². The summed E-state index contributed by atoms with van der Waals surface area (Å²) in [6.07, 6.45) is 5.96. The van der Waals surface area contributed by atoms with E-state index in [-0.39, 0.29) is 12.5 Å². The molecule has 0 radical (unpaired) electrons. The normalized spacial score (nSPS) is 11.7. The summed E-state index contributed by atoms with van der Waals surface area (Å²) < 4.78 is 0.431. The maximum Gasteiger partial charge on any atom is 0.359 e. The molecule has 0 rings (SSSR count). The Kier molecular flexibility index (Phi) is 8.03. The summed E-state index contributed by atoms with van der Waals surface area (Å²) in [4.78, 5) is 22.0. The van der Waals surface area contributed by atoms with Crippen LogP contribution in [0.1, 0.15) is 26.2 Å². The number of rotatable bonds is 9. The Morgan fingerprint density at radius 3 is 2.50 bits per heavy atom. The SMILES string of the molecule is CC/C=C\CC(=O)NCCC[N+](C)(C)CC(=O)O. The van der Waals surface area contributed by atoms with Gasteiger partial charge in [-0.2, -0.15) is 0 Å². The molecule has 0 unspecified atom stereocenters. The fourth-order valence-corrected chi connectivity index (χ4v) is 1.61. The van der Waals surface area contributed by atoms with Crippen molar-refractivity contribution in [3.63, 3.8) is 0 Å². The fraction of sp³-hybridized carbons (Fsp3) is 0.692. The van der Waals surface area contributed by atoms with E-state index >= 15 is 0 Å². The maximum absolute atomic E-state index is 11.4. The molecule has 0 aliphatic heterocycles. The predicted octanol–water partition coefficient (Wildman–Crippen LogP) is 1.01. The lowest BCUT2D eigenvalue weighted by molar-refractivity contribution is -0.883. The van der Waals surface area contributed by atoms with E-state index in [0.29, 0.717) is 17.4 Å². The highest BCUT2D eigenvalue weighted by molar-refractivity contribution is 5.77. The topological polar surface area (TPSA) is 66.4 Å². The second-order valence-electron chi connectivity index (χ2n) is 5.00. The number of quaternary nitrogens is 1. The minimum absolute atomic E-state index is 0.0169. The average Bonchev–Trinajstić information content (AvgIpc) is 2.23. The van der Waals surface area contributed by atoms with Crippen LogP contribution in [0.2, 0.25) is 0 Å². The first-order valence-corrected chi connectivity index (χ1v) is 6.33. The summed E-state index contributed by atoms with van der Waals surface area (Å²) in [5.74, 6) is -0.781. The minimum Gasteiger partial charge on any atom is -0.477 e. The minimum atomic E-state index is -0.797. The zero-order valence-corrected chi connectivity index (χ0v) is 11.6. The first-order valence-electron chi connectivity index (χ1n) is 6.33. The number of amides is 1. The van der Waals surface area contributed by atoms with E-state index in [1.54, 1.807) is 0 Å². The van der Waals surface area contributed by atoms with Crippen LogP contribution in [0.3, 0.4) is 0 Å². The average molecular weight is 257 g/mol. The van der Waals surface area contributed by atoms with Crippen molar-refractivity contribution >= 4 is 11.9 Å². The fourth-order valence-electron chi connectivity index (χ4n) is 1.61. The first-order chi connectivity index (χ1) is 8.37. The van der Waals surface area contributed by atoms with Crippen molar-refractivity contribution in [2.24, 2.45) is 0 Å². The molecule has 0 spiro atoms. The van der Waals surface area contributed by atoms with Gasteiger partial charge in [-0.1, -0.05) is 19.1 Å². The lowest BCUT2D eigenvalue weighted by atomic mass is 10.3. The highest BCUT2D eigenvalue weighted by atomic mass is 16.4. The Morgan fingerprint density at radius 2 is 1.94 bits per heavy atom. The zero-order chi connectivity index (χ0) is 14.0. The van der Waals surface area contributed by atoms with Crippen molar-refractivity contribution in [2.45, 2.75) is 26.2 Å². The van der Waals surface area contributed by atoms with Gasteiger partial charge in [0.1, 0.15) is 0 Å². The molecule has 0 aromatic carbocycles. The van der Waals surface area contributed by atoms with E-state index in [4.69, 9.17) is 5.11 Å². The van der Waals surface area contributed by atoms with Gasteiger partial charge < -0.3 is 14.9 Å². The maximum atomic E-state index is 11.4. The van der Waals surface area contributed by atoms with Gasteiger partial charge in [-0.05, 0) is 6.42 Å². The lowest BCUT2D eigenvalue weighted by Crippen LogP contribution is -2.45. The van der Waals surface area contributed by atoms with Gasteiger partial charge >= 0.3 is 5.97 Å². The molecule has 0 saturated carbocycles. The van der Waals surface area contributed by atoms with Crippen LogP contribution in [0.15, 0.2) is 12.2 Å². The molecule has 0 aliphatic carbocycles. The predicted molar refractivity (Wildman–Crippen MR) is 71.2 cm³/mol. The summed E-state index contributed by atoms with van der Waals surface area (Å²) in [6.45, 7) is 3.46. The molecule has 0 aliphatic rings. The number of carbonyl (C=O) groups excluding carboxylic acids is 1. The smallest absolute Gasteiger partial charge is 0.359 e. The van der Waals surface area contributed by atoms with Crippen molar-refractivity contribution in [3.05, 3.63) is 12.2 Å². The highest BCUT2D eigenvalue weighted by Crippen LogP contribution is 1.98. The zero-order valence-electron chi connectivity index (χ0n) is 11.6. The van der Waals surface area contributed by atoms with Gasteiger partial charge in [0.05, 0.1) is 20.6 Å². The van der Waals surface area contributed by atoms with Gasteiger partial charge in [-0.15, -0.1) is 0 Å². The molecule has 2 N–H and O–H groups in total. The van der Waals surface area contributed by atoms with Crippen LogP contribution in [0, 0.1) is 0 Å². The monoisotopic (exact) mass is 257 g/mol. The Bertz CT molecular complexity index is 299. The first kappa shape index (κ1) is 16.6. The molecule has 1 amide bonds. The number of hydrogen-bond donors (Lipinski definition) is 2. The molecule has 0 fully saturated rings. The van der Waals surface area contributed by atoms with Crippen LogP contribution >= 0.6 is 0 Å². The van der Waals surface area contributed by atoms with Gasteiger partial charge in [0.25, 0.3) is 0 Å². The molecular formula is C13H25N2O3+. The number of nitrogens with zero attached hydrogens (tertiary/aromatic N) is 1. The Balaban J connectivity index is 3.69. The third kappa shape index (κ3) is 9.84. The second kappa shape index (κ2) is 8.69. The quantitative estimate of drug-likeness (QED) is 0.368. The molecule has 0 aromatic rings. The van der Waals surface area contributed by atoms with Crippen molar-refractivity contribution < 1.29 is 19.2 Å². The molecular weight excluding hydrogens is 232 g/mol. The van der Waals surface area contributed by atoms with Gasteiger partial charge in [0.2, 0.25) is 5.91 Å². The second-order valence-corrected chi connectivity index (χ2v) is 5.00. The van der Waals surface area contributed by atoms with E-state index in [1.165, 1.54) is 0 Å². The van der Waals surface area contributed by atoms with Gasteiger partial charge in [-0.25, -0.2) is 4.79 Å². The van der Waals surface area contributed by atoms with Crippen molar-refractivity contribution in [2.75, 3.05) is 33.7 Å². The molecule has 0 atom stereocenters. The Hall–Kier alpha value is -1.36. The van der Waals surface area contributed by atoms with Crippen LogP contribution in [-0.4, -0.2) is 55.2 Å². The molecule has 104 valence electrons. The van der Waals surface area contributed by atoms with Gasteiger partial charge in [0, 0.05) is 19.4 Å². The molecule has 5 heteroatoms. The van der Waals surface area contributed by atoms with E-state index in [2.05, 4.69) is 5.32 Å². The molecule has 0 aromatic heterocycles. The number of nitrogens with one attached hydrogen (secondary N) is 1. The number of carboxylic acid groups (broad SMARTS) is 1. The van der Waals surface area contributed by atoms with E-state index in [0.717, 1.165) is 19.4 Å². The lowest BCUT2D eigenvalue weighted by Gasteiger charge is -2.27.